The van der Waals surface area contributed by atoms with Gasteiger partial charge in [0, 0.05) is 16.1 Å². The van der Waals surface area contributed by atoms with Crippen molar-refractivity contribution >= 4 is 21.9 Å². The number of halogens is 2. The molecular weight excluding hydrogens is 281 g/mol. The molecule has 0 amide bonds. The predicted molar refractivity (Wildman–Crippen MR) is 59.3 cm³/mol. The molecule has 0 unspecified atom stereocenters. The molecule has 1 aromatic rings. The van der Waals surface area contributed by atoms with Gasteiger partial charge in [0.15, 0.2) is 11.6 Å². The Morgan fingerprint density at radius 2 is 2.31 bits per heavy atom. The number of phenolic OH excluding ortho intramolecular Hbond substituents is 1. The molecule has 0 spiro atoms. The molecule has 0 bridgehead atoms. The summed E-state index contributed by atoms with van der Waals surface area (Å²) in [6.07, 6.45) is -0.125. The quantitative estimate of drug-likeness (QED) is 0.834. The van der Waals surface area contributed by atoms with Crippen LogP contribution in [0.15, 0.2) is 16.6 Å². The first kappa shape index (κ1) is 12.9. The Balaban J connectivity index is 2.99. The van der Waals surface area contributed by atoms with Crippen molar-refractivity contribution < 1.29 is 19.0 Å². The molecule has 1 atom stereocenters. The fourth-order valence-electron chi connectivity index (χ4n) is 1.24. The van der Waals surface area contributed by atoms with Gasteiger partial charge in [-0.15, -0.1) is 0 Å². The van der Waals surface area contributed by atoms with Gasteiger partial charge in [-0.1, -0.05) is 15.9 Å². The monoisotopic (exact) mass is 291 g/mol. The van der Waals surface area contributed by atoms with Crippen molar-refractivity contribution in [3.63, 3.8) is 0 Å². The third kappa shape index (κ3) is 2.93. The summed E-state index contributed by atoms with van der Waals surface area (Å²) in [6, 6.07) is 1.77. The molecule has 4 nitrogen and oxygen atoms in total. The lowest BCUT2D eigenvalue weighted by atomic mass is 10.0. The largest absolute Gasteiger partial charge is 0.505 e. The third-order valence-electron chi connectivity index (χ3n) is 2.07. The zero-order valence-corrected chi connectivity index (χ0v) is 10.1. The Kier molecular flexibility index (Phi) is 4.26. The van der Waals surface area contributed by atoms with E-state index in [-0.39, 0.29) is 12.0 Å². The maximum absolute atomic E-state index is 13.2. The summed E-state index contributed by atoms with van der Waals surface area (Å²) in [5, 5.41) is 9.45. The Bertz CT molecular complexity index is 411. The van der Waals surface area contributed by atoms with Gasteiger partial charge in [0.1, 0.15) is 0 Å². The Morgan fingerprint density at radius 1 is 1.69 bits per heavy atom. The third-order valence-corrected chi connectivity index (χ3v) is 2.53. The number of esters is 1. The highest BCUT2D eigenvalue weighted by Gasteiger charge is 2.18. The fourth-order valence-corrected chi connectivity index (χ4v) is 1.69. The second-order valence-corrected chi connectivity index (χ2v) is 4.13. The van der Waals surface area contributed by atoms with Crippen LogP contribution < -0.4 is 5.73 Å². The van der Waals surface area contributed by atoms with Crippen molar-refractivity contribution in [2.75, 3.05) is 7.11 Å². The van der Waals surface area contributed by atoms with Crippen molar-refractivity contribution in [3.8, 4) is 5.75 Å². The molecule has 1 aromatic carbocycles. The number of methoxy groups -OCH3 is 1. The van der Waals surface area contributed by atoms with Gasteiger partial charge in [0.25, 0.3) is 0 Å². The summed E-state index contributed by atoms with van der Waals surface area (Å²) in [7, 11) is 1.23. The summed E-state index contributed by atoms with van der Waals surface area (Å²) in [4.78, 5) is 11.0. The van der Waals surface area contributed by atoms with E-state index < -0.39 is 23.6 Å². The van der Waals surface area contributed by atoms with Gasteiger partial charge in [0.2, 0.25) is 0 Å². The van der Waals surface area contributed by atoms with Gasteiger partial charge in [-0.25, -0.2) is 4.39 Å². The Labute approximate surface area is 100 Å². The van der Waals surface area contributed by atoms with Crippen LogP contribution in [-0.4, -0.2) is 18.2 Å². The zero-order valence-electron chi connectivity index (χ0n) is 8.54. The zero-order chi connectivity index (χ0) is 12.3. The van der Waals surface area contributed by atoms with Crippen molar-refractivity contribution in [2.24, 2.45) is 5.73 Å². The van der Waals surface area contributed by atoms with Gasteiger partial charge >= 0.3 is 5.97 Å². The summed E-state index contributed by atoms with van der Waals surface area (Å²) < 4.78 is 18.0. The number of hydrogen-bond donors (Lipinski definition) is 2. The highest BCUT2D eigenvalue weighted by atomic mass is 79.9. The minimum Gasteiger partial charge on any atom is -0.505 e. The smallest absolute Gasteiger partial charge is 0.307 e. The van der Waals surface area contributed by atoms with Gasteiger partial charge in [-0.2, -0.15) is 0 Å². The maximum atomic E-state index is 13.2. The summed E-state index contributed by atoms with van der Waals surface area (Å²) in [5.74, 6) is -1.85. The molecule has 0 radical (unpaired) electrons. The summed E-state index contributed by atoms with van der Waals surface area (Å²) in [5.41, 5.74) is 5.83. The van der Waals surface area contributed by atoms with E-state index in [2.05, 4.69) is 20.7 Å². The summed E-state index contributed by atoms with van der Waals surface area (Å²) in [6.45, 7) is 0. The van der Waals surface area contributed by atoms with E-state index in [4.69, 9.17) is 5.73 Å². The first-order chi connectivity index (χ1) is 7.45. The molecule has 0 saturated carbocycles. The number of rotatable bonds is 3. The first-order valence-electron chi connectivity index (χ1n) is 4.46. The van der Waals surface area contributed by atoms with E-state index in [1.54, 1.807) is 0 Å². The maximum Gasteiger partial charge on any atom is 0.307 e. The van der Waals surface area contributed by atoms with Crippen LogP contribution in [0.3, 0.4) is 0 Å². The van der Waals surface area contributed by atoms with Gasteiger partial charge in [-0.05, 0) is 12.1 Å². The van der Waals surface area contributed by atoms with Crippen LogP contribution in [0.2, 0.25) is 0 Å². The topological polar surface area (TPSA) is 72.5 Å². The molecule has 0 heterocycles. The lowest BCUT2D eigenvalue weighted by molar-refractivity contribution is -0.141. The minimum atomic E-state index is -0.806. The normalized spacial score (nSPS) is 12.2. The number of ether oxygens (including phenoxy) is 1. The molecule has 1 rings (SSSR count). The minimum absolute atomic E-state index is 0.125. The van der Waals surface area contributed by atoms with Crippen molar-refractivity contribution in [2.45, 2.75) is 12.5 Å². The number of carbonyl (C=O) groups excluding carboxylic acids is 1. The second kappa shape index (κ2) is 5.27. The predicted octanol–water partition coefficient (Wildman–Crippen LogP) is 1.86. The SMILES string of the molecule is COC(=O)C[C@H](N)c1cc(Br)cc(F)c1O. The van der Waals surface area contributed by atoms with E-state index in [0.717, 1.165) is 6.07 Å². The van der Waals surface area contributed by atoms with Crippen molar-refractivity contribution in [1.29, 1.82) is 0 Å². The van der Waals surface area contributed by atoms with Gasteiger partial charge < -0.3 is 15.6 Å². The molecule has 0 aromatic heterocycles. The molecule has 3 N–H and O–H groups in total. The van der Waals surface area contributed by atoms with E-state index in [1.807, 2.05) is 0 Å². The molecule has 16 heavy (non-hydrogen) atoms. The molecule has 0 fully saturated rings. The number of carbonyl (C=O) groups is 1. The van der Waals surface area contributed by atoms with Gasteiger partial charge in [0.05, 0.1) is 13.5 Å². The number of aromatic hydroxyl groups is 1. The molecule has 88 valence electrons. The first-order valence-corrected chi connectivity index (χ1v) is 5.25. The number of nitrogens with two attached hydrogens (primary N) is 1. The number of hydrogen-bond acceptors (Lipinski definition) is 4. The standard InChI is InChI=1S/C10H11BrFNO3/c1-16-9(14)4-8(13)6-2-5(11)3-7(12)10(6)15/h2-3,8,15H,4,13H2,1H3/t8-/m0/s1. The molecule has 0 aliphatic rings. The average molecular weight is 292 g/mol. The van der Waals surface area contributed by atoms with Crippen LogP contribution >= 0.6 is 15.9 Å². The van der Waals surface area contributed by atoms with E-state index in [1.165, 1.54) is 13.2 Å². The molecule has 0 aliphatic carbocycles. The second-order valence-electron chi connectivity index (χ2n) is 3.21. The van der Waals surface area contributed by atoms with Crippen LogP contribution in [0, 0.1) is 5.82 Å². The number of benzene rings is 1. The molecular formula is C10H11BrFNO3. The molecule has 0 saturated heterocycles. The van der Waals surface area contributed by atoms with E-state index >= 15 is 0 Å². The van der Waals surface area contributed by atoms with E-state index in [9.17, 15) is 14.3 Å². The fraction of sp³-hybridized carbons (Fsp3) is 0.300. The lowest BCUT2D eigenvalue weighted by Crippen LogP contribution is -2.16. The lowest BCUT2D eigenvalue weighted by Gasteiger charge is -2.13. The number of phenols is 1. The van der Waals surface area contributed by atoms with Crippen molar-refractivity contribution in [1.82, 2.24) is 0 Å². The van der Waals surface area contributed by atoms with Crippen LogP contribution in [0.1, 0.15) is 18.0 Å². The highest BCUT2D eigenvalue weighted by Crippen LogP contribution is 2.31. The van der Waals surface area contributed by atoms with E-state index in [0.29, 0.717) is 4.47 Å². The average Bonchev–Trinajstić information content (AvgIpc) is 2.22. The van der Waals surface area contributed by atoms with Crippen molar-refractivity contribution in [3.05, 3.63) is 28.0 Å². The Morgan fingerprint density at radius 3 is 2.88 bits per heavy atom. The summed E-state index contributed by atoms with van der Waals surface area (Å²) >= 11 is 3.08. The van der Waals surface area contributed by atoms with Crippen LogP contribution in [-0.2, 0) is 9.53 Å². The Hall–Kier alpha value is -1.14. The van der Waals surface area contributed by atoms with Gasteiger partial charge in [-0.3, -0.25) is 4.79 Å². The van der Waals surface area contributed by atoms with Crippen LogP contribution in [0.5, 0.6) is 5.75 Å². The molecule has 0 aliphatic heterocycles. The highest BCUT2D eigenvalue weighted by molar-refractivity contribution is 9.10. The van der Waals surface area contributed by atoms with Crippen LogP contribution in [0.25, 0.3) is 0 Å². The molecule has 6 heteroatoms. The van der Waals surface area contributed by atoms with Crippen LogP contribution in [0.4, 0.5) is 4.39 Å².